The third-order valence-corrected chi connectivity index (χ3v) is 2.68. The van der Waals surface area contributed by atoms with E-state index in [1.54, 1.807) is 0 Å². The van der Waals surface area contributed by atoms with Gasteiger partial charge in [0.05, 0.1) is 26.2 Å². The standard InChI is InChI=1S/C8H20N.Cr.5HI/c1-5-9(6-2,7-3)8-4;;;;;;/h5-8H2,1-4H3;;5*1H/q+1;;;;;;. The Kier molecular flexibility index (Phi) is 75.9. The number of rotatable bonds is 4. The monoisotopic (exact) mass is 822 g/mol. The first-order valence-electron chi connectivity index (χ1n) is 4.09. The van der Waals surface area contributed by atoms with E-state index >= 15 is 0 Å². The van der Waals surface area contributed by atoms with Gasteiger partial charge in [-0.2, -0.15) is 0 Å². The van der Waals surface area contributed by atoms with Gasteiger partial charge in [0.1, 0.15) is 0 Å². The van der Waals surface area contributed by atoms with Gasteiger partial charge in [-0.1, -0.05) is 0 Å². The zero-order chi connectivity index (χ0) is 7.33. The van der Waals surface area contributed by atoms with Gasteiger partial charge in [-0.05, 0) is 27.7 Å². The van der Waals surface area contributed by atoms with Gasteiger partial charge in [0.2, 0.25) is 0 Å². The zero-order valence-corrected chi connectivity index (χ0v) is 22.7. The molecule has 0 atom stereocenters. The molecule has 0 saturated heterocycles. The quantitative estimate of drug-likeness (QED) is 0.278. The number of quaternary nitrogens is 1. The van der Waals surface area contributed by atoms with Gasteiger partial charge in [0.15, 0.2) is 0 Å². The van der Waals surface area contributed by atoms with Crippen LogP contribution in [0.15, 0.2) is 0 Å². The van der Waals surface area contributed by atoms with Crippen molar-refractivity contribution >= 4 is 120 Å². The van der Waals surface area contributed by atoms with Gasteiger partial charge in [-0.3, -0.25) is 0 Å². The fraction of sp³-hybridized carbons (Fsp3) is 1.00. The molecule has 0 spiro atoms. The third kappa shape index (κ3) is 18.1. The Morgan fingerprint density at radius 2 is 0.667 bits per heavy atom. The van der Waals surface area contributed by atoms with Crippen molar-refractivity contribution in [2.75, 3.05) is 26.2 Å². The molecule has 0 heterocycles. The van der Waals surface area contributed by atoms with E-state index in [1.165, 1.54) is 30.7 Å². The van der Waals surface area contributed by atoms with Gasteiger partial charge < -0.3 is 4.48 Å². The number of nitrogens with zero attached hydrogens (tertiary/aromatic N) is 1. The van der Waals surface area contributed by atoms with Crippen molar-refractivity contribution in [2.24, 2.45) is 0 Å². The second-order valence-electron chi connectivity index (χ2n) is 2.61. The van der Waals surface area contributed by atoms with Crippen molar-refractivity contribution in [3.05, 3.63) is 0 Å². The summed E-state index contributed by atoms with van der Waals surface area (Å²) in [5, 5.41) is 0. The van der Waals surface area contributed by atoms with E-state index in [9.17, 15) is 0 Å². The maximum absolute atomic E-state index is 2.27. The van der Waals surface area contributed by atoms with Crippen LogP contribution in [-0.2, 0) is 17.4 Å². The van der Waals surface area contributed by atoms with Crippen molar-refractivity contribution in [3.63, 3.8) is 0 Å². The molecule has 0 bridgehead atoms. The summed E-state index contributed by atoms with van der Waals surface area (Å²) in [5.74, 6) is 0. The molecule has 0 aromatic rings. The van der Waals surface area contributed by atoms with Gasteiger partial charge in [0.25, 0.3) is 0 Å². The van der Waals surface area contributed by atoms with Crippen molar-refractivity contribution in [1.29, 1.82) is 0 Å². The largest absolute Gasteiger partial charge is 0.325 e. The second kappa shape index (κ2) is 26.7. The van der Waals surface area contributed by atoms with Crippen molar-refractivity contribution in [3.8, 4) is 0 Å². The minimum atomic E-state index is 0. The normalized spacial score (nSPS) is 7.20. The van der Waals surface area contributed by atoms with E-state index in [-0.39, 0.29) is 137 Å². The minimum Gasteiger partial charge on any atom is -0.325 e. The van der Waals surface area contributed by atoms with Crippen LogP contribution in [0.5, 0.6) is 0 Å². The molecule has 0 aliphatic carbocycles. The summed E-state index contributed by atoms with van der Waals surface area (Å²) < 4.78 is 1.28. The average Bonchev–Trinajstić information content (AvgIpc) is 1.95. The molecule has 0 fully saturated rings. The number of hydrogen-bond acceptors (Lipinski definition) is 0. The Morgan fingerprint density at radius 1 is 0.533 bits per heavy atom. The molecule has 0 rings (SSSR count). The molecule has 0 aromatic heterocycles. The number of halogens is 5. The predicted molar refractivity (Wildman–Crippen MR) is 119 cm³/mol. The van der Waals surface area contributed by atoms with Crippen LogP contribution in [0.1, 0.15) is 27.7 Å². The topological polar surface area (TPSA) is 0 Å². The summed E-state index contributed by atoms with van der Waals surface area (Å²) in [7, 11) is 0. The van der Waals surface area contributed by atoms with Crippen LogP contribution in [0.2, 0.25) is 0 Å². The van der Waals surface area contributed by atoms with E-state index in [2.05, 4.69) is 27.7 Å². The van der Waals surface area contributed by atoms with Crippen molar-refractivity contribution in [2.45, 2.75) is 27.7 Å². The summed E-state index contributed by atoms with van der Waals surface area (Å²) in [6.07, 6.45) is 0. The van der Waals surface area contributed by atoms with Gasteiger partial charge >= 0.3 is 0 Å². The zero-order valence-electron chi connectivity index (χ0n) is 9.73. The van der Waals surface area contributed by atoms with Crippen molar-refractivity contribution < 1.29 is 21.8 Å². The van der Waals surface area contributed by atoms with Crippen LogP contribution in [0, 0.1) is 0 Å². The predicted octanol–water partition coefficient (Wildman–Crippen LogP) is 4.97. The summed E-state index contributed by atoms with van der Waals surface area (Å²) in [5.41, 5.74) is 0. The van der Waals surface area contributed by atoms with Gasteiger partial charge in [-0.25, -0.2) is 0 Å². The van der Waals surface area contributed by atoms with Crippen LogP contribution >= 0.6 is 120 Å². The molecule has 15 heavy (non-hydrogen) atoms. The summed E-state index contributed by atoms with van der Waals surface area (Å²) in [4.78, 5) is 0. The van der Waals surface area contributed by atoms with E-state index in [0.717, 1.165) is 0 Å². The first-order valence-corrected chi connectivity index (χ1v) is 4.09. The fourth-order valence-corrected chi connectivity index (χ4v) is 1.34. The molecule has 0 amide bonds. The third-order valence-electron chi connectivity index (χ3n) is 2.68. The Bertz CT molecular complexity index is 65.9. The SMILES string of the molecule is CC[N+](CC)(CC)CC.I.I.I.I.I.[Cr]. The first-order chi connectivity index (χ1) is 4.24. The van der Waals surface area contributed by atoms with Gasteiger partial charge in [-0.15, -0.1) is 120 Å². The average molecular weight is 822 g/mol. The van der Waals surface area contributed by atoms with Crippen LogP contribution in [0.25, 0.3) is 0 Å². The smallest absolute Gasteiger partial charge is 0.0757 e. The molecule has 0 saturated carbocycles. The van der Waals surface area contributed by atoms with E-state index in [0.29, 0.717) is 0 Å². The Balaban J connectivity index is -0.0000000213. The molecule has 0 aliphatic heterocycles. The van der Waals surface area contributed by atoms with Gasteiger partial charge in [0, 0.05) is 17.4 Å². The minimum absolute atomic E-state index is 0. The Labute approximate surface area is 192 Å². The molecule has 102 valence electrons. The summed E-state index contributed by atoms with van der Waals surface area (Å²) >= 11 is 0. The number of hydrogen-bond donors (Lipinski definition) is 0. The molecule has 0 aromatic carbocycles. The van der Waals surface area contributed by atoms with Crippen molar-refractivity contribution in [1.82, 2.24) is 0 Å². The second-order valence-corrected chi connectivity index (χ2v) is 2.61. The molecule has 0 aliphatic rings. The summed E-state index contributed by atoms with van der Waals surface area (Å²) in [6, 6.07) is 0. The molecule has 0 unspecified atom stereocenters. The molecule has 1 nitrogen and oxygen atoms in total. The Hall–Kier alpha value is 4.14. The van der Waals surface area contributed by atoms with E-state index in [1.807, 2.05) is 0 Å². The van der Waals surface area contributed by atoms with E-state index in [4.69, 9.17) is 0 Å². The molecule has 7 heteroatoms. The van der Waals surface area contributed by atoms with Crippen LogP contribution in [0.3, 0.4) is 0 Å². The van der Waals surface area contributed by atoms with E-state index < -0.39 is 0 Å². The summed E-state index contributed by atoms with van der Waals surface area (Å²) in [6.45, 7) is 14.2. The molecular formula is C8H25CrI5N+. The molecule has 0 radical (unpaired) electrons. The maximum atomic E-state index is 2.27. The van der Waals surface area contributed by atoms with Crippen LogP contribution < -0.4 is 0 Å². The fourth-order valence-electron chi connectivity index (χ4n) is 1.34. The molecular weight excluding hydrogens is 797 g/mol. The molecule has 0 N–H and O–H groups in total. The maximum Gasteiger partial charge on any atom is 0.0757 e. The Morgan fingerprint density at radius 3 is 0.667 bits per heavy atom. The van der Waals surface area contributed by atoms with Crippen LogP contribution in [0.4, 0.5) is 0 Å². The first kappa shape index (κ1) is 42.7. The van der Waals surface area contributed by atoms with Crippen LogP contribution in [-0.4, -0.2) is 30.7 Å².